The first-order valence-electron chi connectivity index (χ1n) is 4.77. The van der Waals surface area contributed by atoms with Crippen LogP contribution in [0.3, 0.4) is 0 Å². The van der Waals surface area contributed by atoms with Crippen molar-refractivity contribution in [2.45, 2.75) is 18.2 Å². The zero-order valence-electron chi connectivity index (χ0n) is 8.33. The van der Waals surface area contributed by atoms with Crippen LogP contribution in [0.4, 0.5) is 4.39 Å². The first kappa shape index (κ1) is 10.6. The fraction of sp³-hybridized carbons (Fsp3) is 0.400. The fourth-order valence-electron chi connectivity index (χ4n) is 1.75. The minimum Gasteiger partial charge on any atom is -0.211 e. The van der Waals surface area contributed by atoms with Crippen LogP contribution in [0.25, 0.3) is 0 Å². The molecule has 1 N–H and O–H groups in total. The topological polar surface area (TPSA) is 46.2 Å². The molecule has 0 saturated carbocycles. The van der Waals surface area contributed by atoms with Gasteiger partial charge in [0.05, 0.1) is 4.90 Å². The standard InChI is InChI=1S/C10H12FNO2S/c1-7-4-8-5-9(11)2-3-10(8)15(13,14)12-6-7/h2-3,5,7,12H,4,6H2,1H3/t7-/m0/s1. The number of benzene rings is 1. The van der Waals surface area contributed by atoms with E-state index in [1.807, 2.05) is 6.92 Å². The molecule has 0 spiro atoms. The van der Waals surface area contributed by atoms with E-state index in [9.17, 15) is 12.8 Å². The average Bonchev–Trinajstić information content (AvgIpc) is 2.24. The maximum atomic E-state index is 13.0. The Morgan fingerprint density at radius 1 is 1.47 bits per heavy atom. The molecule has 2 rings (SSSR count). The second-order valence-electron chi connectivity index (χ2n) is 3.91. The molecule has 1 aliphatic heterocycles. The first-order valence-corrected chi connectivity index (χ1v) is 6.25. The lowest BCUT2D eigenvalue weighted by atomic mass is 10.0. The van der Waals surface area contributed by atoms with Crippen molar-refractivity contribution < 1.29 is 12.8 Å². The van der Waals surface area contributed by atoms with Crippen molar-refractivity contribution in [3.05, 3.63) is 29.6 Å². The van der Waals surface area contributed by atoms with Crippen LogP contribution in [-0.4, -0.2) is 15.0 Å². The molecule has 0 radical (unpaired) electrons. The summed E-state index contributed by atoms with van der Waals surface area (Å²) in [5.74, 6) is -0.208. The van der Waals surface area contributed by atoms with E-state index in [0.717, 1.165) is 0 Å². The van der Waals surface area contributed by atoms with E-state index in [0.29, 0.717) is 18.5 Å². The Hall–Kier alpha value is -0.940. The second kappa shape index (κ2) is 3.57. The average molecular weight is 229 g/mol. The van der Waals surface area contributed by atoms with Gasteiger partial charge in [-0.05, 0) is 36.1 Å². The van der Waals surface area contributed by atoms with E-state index in [1.54, 1.807) is 0 Å². The van der Waals surface area contributed by atoms with E-state index in [1.165, 1.54) is 18.2 Å². The quantitative estimate of drug-likeness (QED) is 0.728. The summed E-state index contributed by atoms with van der Waals surface area (Å²) in [6.07, 6.45) is 0.583. The molecule has 0 unspecified atom stereocenters. The second-order valence-corrected chi connectivity index (χ2v) is 5.65. The van der Waals surface area contributed by atoms with Crippen molar-refractivity contribution in [3.63, 3.8) is 0 Å². The van der Waals surface area contributed by atoms with Gasteiger partial charge in [-0.2, -0.15) is 0 Å². The Morgan fingerprint density at radius 2 is 2.20 bits per heavy atom. The van der Waals surface area contributed by atoms with Crippen LogP contribution in [0.15, 0.2) is 23.1 Å². The summed E-state index contributed by atoms with van der Waals surface area (Å²) in [6.45, 7) is 2.33. The van der Waals surface area contributed by atoms with Crippen LogP contribution in [0.2, 0.25) is 0 Å². The van der Waals surface area contributed by atoms with Gasteiger partial charge in [0.25, 0.3) is 0 Å². The van der Waals surface area contributed by atoms with Gasteiger partial charge >= 0.3 is 0 Å². The molecule has 1 aromatic carbocycles. The van der Waals surface area contributed by atoms with Gasteiger partial charge in [0.1, 0.15) is 5.82 Å². The van der Waals surface area contributed by atoms with Crippen molar-refractivity contribution in [1.29, 1.82) is 0 Å². The minimum atomic E-state index is -3.44. The van der Waals surface area contributed by atoms with Crippen LogP contribution >= 0.6 is 0 Å². The number of sulfonamides is 1. The predicted molar refractivity (Wildman–Crippen MR) is 54.5 cm³/mol. The zero-order chi connectivity index (χ0) is 11.1. The Morgan fingerprint density at radius 3 is 2.93 bits per heavy atom. The highest BCUT2D eigenvalue weighted by molar-refractivity contribution is 7.89. The fourth-order valence-corrected chi connectivity index (χ4v) is 3.14. The lowest BCUT2D eigenvalue weighted by molar-refractivity contribution is 0.550. The lowest BCUT2D eigenvalue weighted by Gasteiger charge is -2.06. The highest BCUT2D eigenvalue weighted by atomic mass is 32.2. The zero-order valence-corrected chi connectivity index (χ0v) is 9.14. The number of hydrogen-bond acceptors (Lipinski definition) is 2. The lowest BCUT2D eigenvalue weighted by Crippen LogP contribution is -2.26. The molecule has 15 heavy (non-hydrogen) atoms. The van der Waals surface area contributed by atoms with Gasteiger partial charge in [0, 0.05) is 6.54 Å². The van der Waals surface area contributed by atoms with Crippen LogP contribution in [0.1, 0.15) is 12.5 Å². The molecule has 0 aromatic heterocycles. The highest BCUT2D eigenvalue weighted by Gasteiger charge is 2.24. The molecule has 5 heteroatoms. The molecule has 82 valence electrons. The van der Waals surface area contributed by atoms with Gasteiger partial charge < -0.3 is 0 Å². The SMILES string of the molecule is C[C@@H]1CNS(=O)(=O)c2ccc(F)cc2C1. The maximum absolute atomic E-state index is 13.0. The Bertz CT molecular complexity index is 484. The third kappa shape index (κ3) is 2.03. The number of hydrogen-bond donors (Lipinski definition) is 1. The Balaban J connectivity index is 2.61. The van der Waals surface area contributed by atoms with E-state index < -0.39 is 15.8 Å². The van der Waals surface area contributed by atoms with Crippen LogP contribution in [0.5, 0.6) is 0 Å². The summed E-state index contributed by atoms with van der Waals surface area (Å²) in [6, 6.07) is 3.80. The normalized spacial score (nSPS) is 24.3. The van der Waals surface area contributed by atoms with E-state index in [2.05, 4.69) is 4.72 Å². The van der Waals surface area contributed by atoms with Crippen molar-refractivity contribution >= 4 is 10.0 Å². The van der Waals surface area contributed by atoms with Crippen LogP contribution < -0.4 is 4.72 Å². The molecule has 1 atom stereocenters. The summed E-state index contributed by atoms with van der Waals surface area (Å²) in [5.41, 5.74) is 0.563. The molecular weight excluding hydrogens is 217 g/mol. The third-order valence-electron chi connectivity index (χ3n) is 2.50. The minimum absolute atomic E-state index is 0.183. The smallest absolute Gasteiger partial charge is 0.211 e. The van der Waals surface area contributed by atoms with Gasteiger partial charge in [-0.3, -0.25) is 0 Å². The molecule has 1 aromatic rings. The van der Waals surface area contributed by atoms with E-state index in [4.69, 9.17) is 0 Å². The van der Waals surface area contributed by atoms with Crippen molar-refractivity contribution in [2.75, 3.05) is 6.54 Å². The van der Waals surface area contributed by atoms with E-state index in [-0.39, 0.29) is 10.8 Å². The summed E-state index contributed by atoms with van der Waals surface area (Å²) in [7, 11) is -3.44. The number of fused-ring (bicyclic) bond motifs is 1. The van der Waals surface area contributed by atoms with Gasteiger partial charge in [-0.15, -0.1) is 0 Å². The van der Waals surface area contributed by atoms with Crippen molar-refractivity contribution in [1.82, 2.24) is 4.72 Å². The summed E-state index contributed by atoms with van der Waals surface area (Å²) >= 11 is 0. The Labute approximate surface area is 88.4 Å². The molecular formula is C10H12FNO2S. The monoisotopic (exact) mass is 229 g/mol. The summed E-state index contributed by atoms with van der Waals surface area (Å²) in [4.78, 5) is 0.202. The first-order chi connectivity index (χ1) is 6.99. The number of halogens is 1. The largest absolute Gasteiger partial charge is 0.240 e. The summed E-state index contributed by atoms with van der Waals surface area (Å²) < 4.78 is 38.9. The van der Waals surface area contributed by atoms with Gasteiger partial charge in [0.2, 0.25) is 10.0 Å². The predicted octanol–water partition coefficient (Wildman–Crippen LogP) is 1.30. The maximum Gasteiger partial charge on any atom is 0.240 e. The number of rotatable bonds is 0. The highest BCUT2D eigenvalue weighted by Crippen LogP contribution is 2.23. The van der Waals surface area contributed by atoms with Gasteiger partial charge in [-0.25, -0.2) is 17.5 Å². The van der Waals surface area contributed by atoms with Crippen LogP contribution in [0, 0.1) is 11.7 Å². The molecule has 1 aliphatic rings. The molecule has 0 amide bonds. The Kier molecular flexibility index (Phi) is 2.52. The van der Waals surface area contributed by atoms with Crippen LogP contribution in [-0.2, 0) is 16.4 Å². The molecule has 1 heterocycles. The van der Waals surface area contributed by atoms with E-state index >= 15 is 0 Å². The summed E-state index contributed by atoms with van der Waals surface area (Å²) in [5, 5.41) is 0. The van der Waals surface area contributed by atoms with Gasteiger partial charge in [-0.1, -0.05) is 6.92 Å². The molecule has 0 bridgehead atoms. The third-order valence-corrected chi connectivity index (χ3v) is 4.03. The van der Waals surface area contributed by atoms with Crippen molar-refractivity contribution in [2.24, 2.45) is 5.92 Å². The molecule has 3 nitrogen and oxygen atoms in total. The number of nitrogens with one attached hydrogen (secondary N) is 1. The molecule has 0 aliphatic carbocycles. The molecule has 0 saturated heterocycles. The molecule has 0 fully saturated rings. The van der Waals surface area contributed by atoms with Gasteiger partial charge in [0.15, 0.2) is 0 Å². The van der Waals surface area contributed by atoms with Crippen molar-refractivity contribution in [3.8, 4) is 0 Å².